The fourth-order valence-electron chi connectivity index (χ4n) is 3.22. The lowest BCUT2D eigenvalue weighted by molar-refractivity contribution is -0.139. The van der Waals surface area contributed by atoms with Gasteiger partial charge in [0.1, 0.15) is 0 Å². The van der Waals surface area contributed by atoms with Crippen LogP contribution in [0.1, 0.15) is 32.1 Å². The highest BCUT2D eigenvalue weighted by molar-refractivity contribution is 5.79. The van der Waals surface area contributed by atoms with Gasteiger partial charge < -0.3 is 19.5 Å². The van der Waals surface area contributed by atoms with E-state index in [1.165, 1.54) is 0 Å². The molecule has 1 N–H and O–H groups in total. The summed E-state index contributed by atoms with van der Waals surface area (Å²) < 4.78 is 10.6. The molecule has 110 valence electrons. The maximum Gasteiger partial charge on any atom is 0.226 e. The fraction of sp³-hybridized carbons (Fsp3) is 0.929. The van der Waals surface area contributed by atoms with Crippen LogP contribution in [-0.2, 0) is 14.3 Å². The standard InChI is InChI=1S/C14H25NO4/c1-18-9-11-7-13(19-2)8-15(11)14(17)10-3-5-12(16)6-4-10/h10-13,16H,3-9H2,1-2H3/t10?,11-,12?,13-/m0/s1. The van der Waals surface area contributed by atoms with Gasteiger partial charge in [0.15, 0.2) is 0 Å². The topological polar surface area (TPSA) is 59.0 Å². The predicted octanol–water partition coefficient (Wildman–Crippen LogP) is 0.800. The Kier molecular flexibility index (Phi) is 5.19. The van der Waals surface area contributed by atoms with Crippen molar-refractivity contribution in [3.63, 3.8) is 0 Å². The van der Waals surface area contributed by atoms with Crippen LogP contribution in [0.15, 0.2) is 0 Å². The quantitative estimate of drug-likeness (QED) is 0.821. The molecule has 5 heteroatoms. The highest BCUT2D eigenvalue weighted by Crippen LogP contribution is 2.29. The molecule has 2 atom stereocenters. The first kappa shape index (κ1) is 14.8. The summed E-state index contributed by atoms with van der Waals surface area (Å²) in [5.74, 6) is 0.284. The number of nitrogens with zero attached hydrogens (tertiary/aromatic N) is 1. The molecule has 1 aliphatic carbocycles. The van der Waals surface area contributed by atoms with Crippen LogP contribution < -0.4 is 0 Å². The maximum atomic E-state index is 12.6. The molecule has 1 amide bonds. The van der Waals surface area contributed by atoms with Gasteiger partial charge >= 0.3 is 0 Å². The molecule has 0 aromatic heterocycles. The van der Waals surface area contributed by atoms with Crippen LogP contribution >= 0.6 is 0 Å². The van der Waals surface area contributed by atoms with Crippen molar-refractivity contribution >= 4 is 5.91 Å². The molecule has 2 aliphatic rings. The van der Waals surface area contributed by atoms with Crippen LogP contribution in [0.4, 0.5) is 0 Å². The minimum Gasteiger partial charge on any atom is -0.393 e. The summed E-state index contributed by atoms with van der Waals surface area (Å²) in [6, 6.07) is 0.134. The van der Waals surface area contributed by atoms with Gasteiger partial charge in [-0.05, 0) is 32.1 Å². The van der Waals surface area contributed by atoms with E-state index in [0.717, 1.165) is 32.1 Å². The van der Waals surface area contributed by atoms with Gasteiger partial charge in [-0.1, -0.05) is 0 Å². The number of ether oxygens (including phenoxy) is 2. The second kappa shape index (κ2) is 6.68. The Morgan fingerprint density at radius 2 is 1.95 bits per heavy atom. The van der Waals surface area contributed by atoms with Gasteiger partial charge in [-0.25, -0.2) is 0 Å². The molecule has 0 unspecified atom stereocenters. The molecule has 1 heterocycles. The molecule has 5 nitrogen and oxygen atoms in total. The van der Waals surface area contributed by atoms with Gasteiger partial charge in [-0.3, -0.25) is 4.79 Å². The van der Waals surface area contributed by atoms with Crippen molar-refractivity contribution in [2.75, 3.05) is 27.4 Å². The number of carbonyl (C=O) groups excluding carboxylic acids is 1. The molecule has 0 bridgehead atoms. The average Bonchev–Trinajstić information content (AvgIpc) is 2.82. The third kappa shape index (κ3) is 3.46. The normalized spacial score (nSPS) is 35.6. The summed E-state index contributed by atoms with van der Waals surface area (Å²) in [6.45, 7) is 1.24. The van der Waals surface area contributed by atoms with Gasteiger partial charge in [-0.15, -0.1) is 0 Å². The minimum atomic E-state index is -0.218. The van der Waals surface area contributed by atoms with Crippen molar-refractivity contribution < 1.29 is 19.4 Å². The molecule has 2 rings (SSSR count). The molecular weight excluding hydrogens is 246 g/mol. The van der Waals surface area contributed by atoms with Gasteiger partial charge in [0.25, 0.3) is 0 Å². The summed E-state index contributed by atoms with van der Waals surface area (Å²) in [5, 5.41) is 9.53. The van der Waals surface area contributed by atoms with Crippen molar-refractivity contribution in [2.24, 2.45) is 5.92 Å². The largest absolute Gasteiger partial charge is 0.393 e. The Morgan fingerprint density at radius 1 is 1.26 bits per heavy atom. The number of hydrogen-bond donors (Lipinski definition) is 1. The van der Waals surface area contributed by atoms with Crippen molar-refractivity contribution in [1.29, 1.82) is 0 Å². The third-order valence-electron chi connectivity index (χ3n) is 4.40. The first-order chi connectivity index (χ1) is 9.15. The Labute approximate surface area is 114 Å². The minimum absolute atomic E-state index is 0.0679. The van der Waals surface area contributed by atoms with Crippen molar-refractivity contribution in [2.45, 2.75) is 50.4 Å². The molecule has 0 aromatic carbocycles. The maximum absolute atomic E-state index is 12.6. The molecule has 1 saturated heterocycles. The van der Waals surface area contributed by atoms with E-state index in [1.807, 2.05) is 4.90 Å². The van der Waals surface area contributed by atoms with E-state index in [9.17, 15) is 9.90 Å². The number of hydrogen-bond acceptors (Lipinski definition) is 4. The van der Waals surface area contributed by atoms with Crippen LogP contribution in [-0.4, -0.2) is 61.5 Å². The zero-order valence-corrected chi connectivity index (χ0v) is 11.9. The Morgan fingerprint density at radius 3 is 2.53 bits per heavy atom. The fourth-order valence-corrected chi connectivity index (χ4v) is 3.22. The van der Waals surface area contributed by atoms with Gasteiger partial charge in [0.05, 0.1) is 24.9 Å². The Hall–Kier alpha value is -0.650. The SMILES string of the molecule is COC[C@@H]1C[C@H](OC)CN1C(=O)C1CCC(O)CC1. The molecule has 19 heavy (non-hydrogen) atoms. The highest BCUT2D eigenvalue weighted by Gasteiger charge is 2.38. The van der Waals surface area contributed by atoms with E-state index in [-0.39, 0.29) is 30.1 Å². The summed E-state index contributed by atoms with van der Waals surface area (Å²) in [5.41, 5.74) is 0. The second-order valence-electron chi connectivity index (χ2n) is 5.70. The first-order valence-electron chi connectivity index (χ1n) is 7.16. The van der Waals surface area contributed by atoms with E-state index in [1.54, 1.807) is 14.2 Å². The summed E-state index contributed by atoms with van der Waals surface area (Å²) in [6.07, 6.45) is 3.84. The molecular formula is C14H25NO4. The lowest BCUT2D eigenvalue weighted by atomic mass is 9.86. The van der Waals surface area contributed by atoms with Gasteiger partial charge in [0, 0.05) is 26.7 Å². The number of rotatable bonds is 4. The first-order valence-corrected chi connectivity index (χ1v) is 7.16. The van der Waals surface area contributed by atoms with E-state index in [0.29, 0.717) is 13.2 Å². The Bertz CT molecular complexity index is 302. The lowest BCUT2D eigenvalue weighted by Crippen LogP contribution is -2.43. The average molecular weight is 271 g/mol. The van der Waals surface area contributed by atoms with Crippen LogP contribution in [0.25, 0.3) is 0 Å². The molecule has 0 spiro atoms. The van der Waals surface area contributed by atoms with Crippen LogP contribution in [0.2, 0.25) is 0 Å². The Balaban J connectivity index is 1.96. The molecule has 1 aliphatic heterocycles. The van der Waals surface area contributed by atoms with Crippen molar-refractivity contribution in [1.82, 2.24) is 4.90 Å². The van der Waals surface area contributed by atoms with Gasteiger partial charge in [0.2, 0.25) is 5.91 Å². The second-order valence-corrected chi connectivity index (χ2v) is 5.70. The van der Waals surface area contributed by atoms with E-state index in [4.69, 9.17) is 9.47 Å². The zero-order chi connectivity index (χ0) is 13.8. The van der Waals surface area contributed by atoms with E-state index in [2.05, 4.69) is 0 Å². The molecule has 1 saturated carbocycles. The van der Waals surface area contributed by atoms with E-state index < -0.39 is 0 Å². The number of amides is 1. The molecule has 0 radical (unpaired) electrons. The van der Waals surface area contributed by atoms with Gasteiger partial charge in [-0.2, -0.15) is 0 Å². The summed E-state index contributed by atoms with van der Waals surface area (Å²) in [7, 11) is 3.36. The highest BCUT2D eigenvalue weighted by atomic mass is 16.5. The molecule has 2 fully saturated rings. The van der Waals surface area contributed by atoms with Crippen molar-refractivity contribution in [3.05, 3.63) is 0 Å². The predicted molar refractivity (Wildman–Crippen MR) is 70.8 cm³/mol. The summed E-state index contributed by atoms with van der Waals surface area (Å²) in [4.78, 5) is 14.5. The van der Waals surface area contributed by atoms with Crippen molar-refractivity contribution in [3.8, 4) is 0 Å². The third-order valence-corrected chi connectivity index (χ3v) is 4.40. The lowest BCUT2D eigenvalue weighted by Gasteiger charge is -2.31. The molecule has 0 aromatic rings. The number of aliphatic hydroxyl groups is 1. The monoisotopic (exact) mass is 271 g/mol. The van der Waals surface area contributed by atoms with E-state index >= 15 is 0 Å². The van der Waals surface area contributed by atoms with Crippen LogP contribution in [0, 0.1) is 5.92 Å². The number of likely N-dealkylation sites (tertiary alicyclic amines) is 1. The number of aliphatic hydroxyl groups excluding tert-OH is 1. The number of carbonyl (C=O) groups is 1. The van der Waals surface area contributed by atoms with Crippen LogP contribution in [0.3, 0.4) is 0 Å². The number of methoxy groups -OCH3 is 2. The zero-order valence-electron chi connectivity index (χ0n) is 11.9. The van der Waals surface area contributed by atoms with Crippen LogP contribution in [0.5, 0.6) is 0 Å². The smallest absolute Gasteiger partial charge is 0.226 e. The summed E-state index contributed by atoms with van der Waals surface area (Å²) >= 11 is 0.